The fourth-order valence-corrected chi connectivity index (χ4v) is 3.26. The summed E-state index contributed by atoms with van der Waals surface area (Å²) >= 11 is 6.05. The second-order valence-corrected chi connectivity index (χ2v) is 6.53. The minimum Gasteiger partial charge on any atom is -0.337 e. The smallest absolute Gasteiger partial charge is 0.254 e. The van der Waals surface area contributed by atoms with Crippen LogP contribution in [0.25, 0.3) is 0 Å². The zero-order valence-electron chi connectivity index (χ0n) is 13.3. The third-order valence-corrected chi connectivity index (χ3v) is 4.32. The Morgan fingerprint density at radius 3 is 2.71 bits per heavy atom. The van der Waals surface area contributed by atoms with Crippen molar-refractivity contribution in [1.29, 1.82) is 0 Å². The van der Waals surface area contributed by atoms with Crippen LogP contribution in [0.5, 0.6) is 0 Å². The number of carbonyl (C=O) groups excluding carboxylic acids is 1. The molecule has 0 spiro atoms. The van der Waals surface area contributed by atoms with Crippen molar-refractivity contribution in [3.05, 3.63) is 28.5 Å². The van der Waals surface area contributed by atoms with E-state index in [0.717, 1.165) is 31.6 Å². The van der Waals surface area contributed by atoms with E-state index in [0.29, 0.717) is 22.7 Å². The average molecular weight is 310 g/mol. The molecule has 0 aromatic carbocycles. The molecule has 1 aliphatic heterocycles. The van der Waals surface area contributed by atoms with E-state index in [1.807, 2.05) is 11.0 Å². The molecule has 0 saturated carbocycles. The lowest BCUT2D eigenvalue weighted by Crippen LogP contribution is -2.35. The average Bonchev–Trinajstić information content (AvgIpc) is 2.80. The van der Waals surface area contributed by atoms with Gasteiger partial charge >= 0.3 is 0 Å². The molecule has 2 unspecified atom stereocenters. The second-order valence-electron chi connectivity index (χ2n) is 6.14. The second kappa shape index (κ2) is 6.75. The molecule has 2 atom stereocenters. The molecule has 1 aromatic heterocycles. The van der Waals surface area contributed by atoms with Gasteiger partial charge in [0.15, 0.2) is 0 Å². The molecule has 116 valence electrons. The van der Waals surface area contributed by atoms with Gasteiger partial charge in [-0.2, -0.15) is 0 Å². The summed E-state index contributed by atoms with van der Waals surface area (Å²) in [5.74, 6) is 0.546. The normalized spacial score (nSPS) is 22.1. The molecule has 0 aliphatic carbocycles. The van der Waals surface area contributed by atoms with Crippen LogP contribution in [0, 0.1) is 5.92 Å². The maximum atomic E-state index is 12.7. The third kappa shape index (κ3) is 3.74. The molecule has 1 aromatic rings. The summed E-state index contributed by atoms with van der Waals surface area (Å²) in [4.78, 5) is 21.1. The zero-order valence-corrected chi connectivity index (χ0v) is 14.0. The molecule has 1 fully saturated rings. The summed E-state index contributed by atoms with van der Waals surface area (Å²) < 4.78 is 0. The number of pyridine rings is 1. The van der Waals surface area contributed by atoms with Crippen molar-refractivity contribution in [3.63, 3.8) is 0 Å². The Hall–Kier alpha value is -1.13. The predicted octanol–water partition coefficient (Wildman–Crippen LogP) is 2.71. The molecule has 21 heavy (non-hydrogen) atoms. The van der Waals surface area contributed by atoms with Crippen LogP contribution in [0.4, 0.5) is 0 Å². The number of amides is 1. The van der Waals surface area contributed by atoms with E-state index in [9.17, 15) is 4.79 Å². The van der Waals surface area contributed by atoms with Crippen molar-refractivity contribution in [2.24, 2.45) is 5.92 Å². The van der Waals surface area contributed by atoms with E-state index < -0.39 is 0 Å². The van der Waals surface area contributed by atoms with Crippen molar-refractivity contribution in [2.45, 2.75) is 32.7 Å². The van der Waals surface area contributed by atoms with Crippen molar-refractivity contribution >= 4 is 17.5 Å². The first-order chi connectivity index (χ1) is 9.92. The van der Waals surface area contributed by atoms with Crippen LogP contribution in [0.2, 0.25) is 5.15 Å². The van der Waals surface area contributed by atoms with E-state index in [4.69, 9.17) is 11.6 Å². The topological polar surface area (TPSA) is 36.4 Å². The number of carbonyl (C=O) groups is 1. The Balaban J connectivity index is 2.17. The highest BCUT2D eigenvalue weighted by molar-refractivity contribution is 6.29. The van der Waals surface area contributed by atoms with E-state index in [-0.39, 0.29) is 5.91 Å². The molecule has 0 radical (unpaired) electrons. The summed E-state index contributed by atoms with van der Waals surface area (Å²) in [6, 6.07) is 3.98. The lowest BCUT2D eigenvalue weighted by Gasteiger charge is -2.22. The fraction of sp³-hybridized carbons (Fsp3) is 0.625. The van der Waals surface area contributed by atoms with Crippen LogP contribution in [0.3, 0.4) is 0 Å². The van der Waals surface area contributed by atoms with Crippen LogP contribution < -0.4 is 0 Å². The van der Waals surface area contributed by atoms with Gasteiger partial charge < -0.3 is 9.80 Å². The Bertz CT molecular complexity index is 518. The van der Waals surface area contributed by atoms with Gasteiger partial charge in [0.05, 0.1) is 0 Å². The maximum Gasteiger partial charge on any atom is 0.254 e. The standard InChI is InChI=1S/C16H24ClN3O/c1-5-6-13-7-12(8-15(17)18-13)16(21)20-9-11(2)14(10-20)19(3)4/h7-8,11,14H,5-6,9-10H2,1-4H3. The monoisotopic (exact) mass is 309 g/mol. The zero-order chi connectivity index (χ0) is 15.6. The molecule has 4 nitrogen and oxygen atoms in total. The molecule has 1 aliphatic rings. The Labute approximate surface area is 132 Å². The first-order valence-corrected chi connectivity index (χ1v) is 7.92. The number of halogens is 1. The molecule has 1 saturated heterocycles. The molecule has 0 bridgehead atoms. The molecule has 5 heteroatoms. The molecule has 2 heterocycles. The van der Waals surface area contributed by atoms with Crippen LogP contribution >= 0.6 is 11.6 Å². The number of hydrogen-bond acceptors (Lipinski definition) is 3. The number of rotatable bonds is 4. The fourth-order valence-electron chi connectivity index (χ4n) is 3.03. The van der Waals surface area contributed by atoms with Crippen molar-refractivity contribution in [1.82, 2.24) is 14.8 Å². The molecule has 2 rings (SSSR count). The van der Waals surface area contributed by atoms with E-state index in [1.165, 1.54) is 0 Å². The number of likely N-dealkylation sites (N-methyl/N-ethyl adjacent to an activating group) is 1. The van der Waals surface area contributed by atoms with E-state index in [1.54, 1.807) is 6.07 Å². The minimum absolute atomic E-state index is 0.0628. The quantitative estimate of drug-likeness (QED) is 0.802. The number of aromatic nitrogens is 1. The first-order valence-electron chi connectivity index (χ1n) is 7.54. The molecular formula is C16H24ClN3O. The summed E-state index contributed by atoms with van der Waals surface area (Å²) in [7, 11) is 4.13. The Kier molecular flexibility index (Phi) is 5.22. The van der Waals surface area contributed by atoms with Crippen LogP contribution in [-0.4, -0.2) is 53.9 Å². The van der Waals surface area contributed by atoms with Gasteiger partial charge in [-0.05, 0) is 38.6 Å². The van der Waals surface area contributed by atoms with Crippen molar-refractivity contribution in [3.8, 4) is 0 Å². The molecule has 0 N–H and O–H groups in total. The van der Waals surface area contributed by atoms with Gasteiger partial charge in [-0.3, -0.25) is 4.79 Å². The highest BCUT2D eigenvalue weighted by Gasteiger charge is 2.34. The van der Waals surface area contributed by atoms with Crippen LogP contribution in [0.1, 0.15) is 36.3 Å². The van der Waals surface area contributed by atoms with Crippen LogP contribution in [0.15, 0.2) is 12.1 Å². The lowest BCUT2D eigenvalue weighted by atomic mass is 10.1. The first kappa shape index (κ1) is 16.2. The predicted molar refractivity (Wildman–Crippen MR) is 85.8 cm³/mol. The van der Waals surface area contributed by atoms with Gasteiger partial charge in [-0.1, -0.05) is 31.9 Å². The highest BCUT2D eigenvalue weighted by atomic mass is 35.5. The van der Waals surface area contributed by atoms with E-state index in [2.05, 4.69) is 37.8 Å². The van der Waals surface area contributed by atoms with Gasteiger partial charge in [0.1, 0.15) is 5.15 Å². The number of nitrogens with zero attached hydrogens (tertiary/aromatic N) is 3. The molecule has 1 amide bonds. The van der Waals surface area contributed by atoms with Gasteiger partial charge in [-0.25, -0.2) is 4.98 Å². The van der Waals surface area contributed by atoms with Gasteiger partial charge in [-0.15, -0.1) is 0 Å². The number of hydrogen-bond donors (Lipinski definition) is 0. The SMILES string of the molecule is CCCc1cc(C(=O)N2CC(C)C(N(C)C)C2)cc(Cl)n1. The minimum atomic E-state index is 0.0628. The highest BCUT2D eigenvalue weighted by Crippen LogP contribution is 2.23. The number of likely N-dealkylation sites (tertiary alicyclic amines) is 1. The lowest BCUT2D eigenvalue weighted by molar-refractivity contribution is 0.0781. The van der Waals surface area contributed by atoms with Crippen LogP contribution in [-0.2, 0) is 6.42 Å². The third-order valence-electron chi connectivity index (χ3n) is 4.12. The summed E-state index contributed by atoms with van der Waals surface area (Å²) in [5.41, 5.74) is 1.55. The number of aryl methyl sites for hydroxylation is 1. The van der Waals surface area contributed by atoms with Crippen molar-refractivity contribution in [2.75, 3.05) is 27.2 Å². The Morgan fingerprint density at radius 2 is 2.14 bits per heavy atom. The van der Waals surface area contributed by atoms with Gasteiger partial charge in [0.25, 0.3) is 5.91 Å². The van der Waals surface area contributed by atoms with Gasteiger partial charge in [0, 0.05) is 30.4 Å². The van der Waals surface area contributed by atoms with Gasteiger partial charge in [0.2, 0.25) is 0 Å². The van der Waals surface area contributed by atoms with E-state index >= 15 is 0 Å². The largest absolute Gasteiger partial charge is 0.337 e. The molecular weight excluding hydrogens is 286 g/mol. The maximum absolute atomic E-state index is 12.7. The Morgan fingerprint density at radius 1 is 1.43 bits per heavy atom. The van der Waals surface area contributed by atoms with Crippen molar-refractivity contribution < 1.29 is 4.79 Å². The summed E-state index contributed by atoms with van der Waals surface area (Å²) in [5, 5.41) is 0.403. The summed E-state index contributed by atoms with van der Waals surface area (Å²) in [6.45, 7) is 5.86. The summed E-state index contributed by atoms with van der Waals surface area (Å²) in [6.07, 6.45) is 1.84.